The molecule has 1 fully saturated rings. The van der Waals surface area contributed by atoms with Crippen molar-refractivity contribution in [2.45, 2.75) is 23.6 Å². The number of thiophene rings is 1. The lowest BCUT2D eigenvalue weighted by atomic mass is 9.96. The lowest BCUT2D eigenvalue weighted by molar-refractivity contribution is -0.123. The summed E-state index contributed by atoms with van der Waals surface area (Å²) in [7, 11) is -3.64. The minimum atomic E-state index is -3.64. The van der Waals surface area contributed by atoms with Crippen LogP contribution in [-0.2, 0) is 21.4 Å². The summed E-state index contributed by atoms with van der Waals surface area (Å²) in [6, 6.07) is 9.24. The van der Waals surface area contributed by atoms with E-state index in [2.05, 4.69) is 10.1 Å². The standard InChI is InChI=1S/C22H21ClFN5O3S3/c23-19-4-5-20(34-19)35(31,32)28-10-6-15(7-11-28)21(30)29(13-12-27-9-1-8-25-27)22-26-17-3-2-16(24)14-18(17)33-22/h1-5,8-9,14-15H,6-7,10-13H2. The largest absolute Gasteiger partial charge is 0.286 e. The van der Waals surface area contributed by atoms with Gasteiger partial charge in [0.1, 0.15) is 10.0 Å². The number of thiazole rings is 1. The third-order valence-corrected chi connectivity index (χ3v) is 10.5. The molecule has 8 nitrogen and oxygen atoms in total. The molecule has 0 N–H and O–H groups in total. The zero-order valence-corrected chi connectivity index (χ0v) is 21.6. The molecule has 1 saturated heterocycles. The number of carbonyl (C=O) groups is 1. The topological polar surface area (TPSA) is 88.4 Å². The lowest BCUT2D eigenvalue weighted by Crippen LogP contribution is -2.45. The Morgan fingerprint density at radius 2 is 2.00 bits per heavy atom. The summed E-state index contributed by atoms with van der Waals surface area (Å²) in [5, 5.41) is 4.70. The molecule has 0 unspecified atom stereocenters. The third-order valence-electron chi connectivity index (χ3n) is 5.89. The summed E-state index contributed by atoms with van der Waals surface area (Å²) < 4.78 is 44.0. The number of carbonyl (C=O) groups excluding carboxylic acids is 1. The fourth-order valence-electron chi connectivity index (χ4n) is 4.06. The van der Waals surface area contributed by atoms with Crippen LogP contribution in [0.25, 0.3) is 10.2 Å². The molecule has 0 radical (unpaired) electrons. The van der Waals surface area contributed by atoms with Crippen LogP contribution >= 0.6 is 34.3 Å². The molecule has 1 aliphatic heterocycles. The molecule has 0 atom stereocenters. The second kappa shape index (κ2) is 9.94. The number of hydrogen-bond acceptors (Lipinski definition) is 7. The maximum atomic E-state index is 13.7. The summed E-state index contributed by atoms with van der Waals surface area (Å²) in [4.78, 5) is 19.8. The van der Waals surface area contributed by atoms with E-state index >= 15 is 0 Å². The zero-order valence-electron chi connectivity index (χ0n) is 18.4. The number of halogens is 2. The molecule has 0 bridgehead atoms. The van der Waals surface area contributed by atoms with Crippen LogP contribution in [0, 0.1) is 11.7 Å². The van der Waals surface area contributed by atoms with E-state index in [9.17, 15) is 17.6 Å². The number of aromatic nitrogens is 3. The second-order valence-corrected chi connectivity index (χ2v) is 13.0. The van der Waals surface area contributed by atoms with E-state index in [1.165, 1.54) is 33.8 Å². The Kier molecular flexibility index (Phi) is 6.91. The first-order valence-corrected chi connectivity index (χ1v) is 14.4. The van der Waals surface area contributed by atoms with Crippen molar-refractivity contribution in [1.82, 2.24) is 19.1 Å². The Labute approximate surface area is 214 Å². The van der Waals surface area contributed by atoms with Crippen molar-refractivity contribution < 1.29 is 17.6 Å². The molecule has 4 heterocycles. The van der Waals surface area contributed by atoms with Crippen LogP contribution in [0.15, 0.2) is 53.0 Å². The van der Waals surface area contributed by atoms with Crippen molar-refractivity contribution in [3.63, 3.8) is 0 Å². The first-order chi connectivity index (χ1) is 16.8. The van der Waals surface area contributed by atoms with Gasteiger partial charge in [-0.05, 0) is 49.2 Å². The van der Waals surface area contributed by atoms with Gasteiger partial charge in [0.25, 0.3) is 10.0 Å². The van der Waals surface area contributed by atoms with E-state index in [0.29, 0.717) is 45.6 Å². The number of amides is 1. The highest BCUT2D eigenvalue weighted by Gasteiger charge is 2.35. The van der Waals surface area contributed by atoms with Crippen molar-refractivity contribution in [2.75, 3.05) is 24.5 Å². The van der Waals surface area contributed by atoms with Crippen molar-refractivity contribution in [3.05, 3.63) is 58.9 Å². The number of piperidine rings is 1. The molecule has 1 aliphatic rings. The fraction of sp³-hybridized carbons (Fsp3) is 0.318. The van der Waals surface area contributed by atoms with Gasteiger partial charge in [0.2, 0.25) is 5.91 Å². The van der Waals surface area contributed by atoms with Gasteiger partial charge in [0, 0.05) is 37.9 Å². The quantitative estimate of drug-likeness (QED) is 0.337. The number of anilines is 1. The third kappa shape index (κ3) is 5.12. The Balaban J connectivity index is 1.34. The van der Waals surface area contributed by atoms with E-state index in [4.69, 9.17) is 11.6 Å². The Hall–Kier alpha value is -2.38. The number of hydrogen-bond donors (Lipinski definition) is 0. The molecule has 35 heavy (non-hydrogen) atoms. The molecule has 0 aliphatic carbocycles. The van der Waals surface area contributed by atoms with Crippen molar-refractivity contribution in [1.29, 1.82) is 0 Å². The summed E-state index contributed by atoms with van der Waals surface area (Å²) in [6.07, 6.45) is 4.28. The molecular weight excluding hydrogens is 533 g/mol. The molecule has 4 aromatic rings. The van der Waals surface area contributed by atoms with Crippen molar-refractivity contribution in [2.24, 2.45) is 5.92 Å². The number of nitrogens with zero attached hydrogens (tertiary/aromatic N) is 5. The van der Waals surface area contributed by atoms with Gasteiger partial charge in [-0.15, -0.1) is 11.3 Å². The van der Waals surface area contributed by atoms with Gasteiger partial charge in [-0.2, -0.15) is 9.40 Å². The Bertz CT molecular complexity index is 1450. The monoisotopic (exact) mass is 553 g/mol. The summed E-state index contributed by atoms with van der Waals surface area (Å²) in [6.45, 7) is 1.29. The van der Waals surface area contributed by atoms with E-state index in [-0.39, 0.29) is 34.9 Å². The number of sulfonamides is 1. The van der Waals surface area contributed by atoms with Crippen molar-refractivity contribution in [3.8, 4) is 0 Å². The first-order valence-electron chi connectivity index (χ1n) is 10.9. The van der Waals surface area contributed by atoms with Crippen molar-refractivity contribution >= 4 is 65.6 Å². The van der Waals surface area contributed by atoms with Crippen LogP contribution in [-0.4, -0.2) is 53.0 Å². The molecule has 5 rings (SSSR count). The highest BCUT2D eigenvalue weighted by Crippen LogP contribution is 2.34. The molecule has 0 spiro atoms. The van der Waals surface area contributed by atoms with Gasteiger partial charge in [-0.25, -0.2) is 17.8 Å². The van der Waals surface area contributed by atoms with E-state index < -0.39 is 10.0 Å². The number of rotatable bonds is 7. The number of fused-ring (bicyclic) bond motifs is 1. The average Bonchev–Trinajstić information content (AvgIpc) is 3.60. The van der Waals surface area contributed by atoms with Crippen LogP contribution < -0.4 is 4.90 Å². The Morgan fingerprint density at radius 1 is 1.20 bits per heavy atom. The van der Waals surface area contributed by atoms with Crippen LogP contribution in [0.4, 0.5) is 9.52 Å². The molecule has 1 aromatic carbocycles. The van der Waals surface area contributed by atoms with Gasteiger partial charge in [-0.3, -0.25) is 14.4 Å². The molecule has 184 valence electrons. The average molecular weight is 554 g/mol. The van der Waals surface area contributed by atoms with Gasteiger partial charge >= 0.3 is 0 Å². The van der Waals surface area contributed by atoms with Gasteiger partial charge in [0.05, 0.1) is 21.1 Å². The van der Waals surface area contributed by atoms with Crippen LogP contribution in [0.1, 0.15) is 12.8 Å². The van der Waals surface area contributed by atoms with E-state index in [1.807, 2.05) is 12.3 Å². The highest BCUT2D eigenvalue weighted by atomic mass is 35.5. The predicted octanol–water partition coefficient (Wildman–Crippen LogP) is 4.48. The minimum absolute atomic E-state index is 0.118. The molecule has 1 amide bonds. The summed E-state index contributed by atoms with van der Waals surface area (Å²) in [5.74, 6) is -0.828. The molecule has 0 saturated carbocycles. The fourth-order valence-corrected chi connectivity index (χ4v) is 8.19. The molecule has 3 aromatic heterocycles. The highest BCUT2D eigenvalue weighted by molar-refractivity contribution is 7.91. The smallest absolute Gasteiger partial charge is 0.252 e. The van der Waals surface area contributed by atoms with E-state index in [1.54, 1.807) is 27.9 Å². The zero-order chi connectivity index (χ0) is 24.6. The maximum absolute atomic E-state index is 13.7. The summed E-state index contributed by atoms with van der Waals surface area (Å²) >= 11 is 8.21. The van der Waals surface area contributed by atoms with Gasteiger partial charge in [-0.1, -0.05) is 22.9 Å². The van der Waals surface area contributed by atoms with Gasteiger partial charge < -0.3 is 0 Å². The van der Waals surface area contributed by atoms with Gasteiger partial charge in [0.15, 0.2) is 5.13 Å². The Morgan fingerprint density at radius 3 is 2.69 bits per heavy atom. The lowest BCUT2D eigenvalue weighted by Gasteiger charge is -2.32. The minimum Gasteiger partial charge on any atom is -0.286 e. The first kappa shape index (κ1) is 24.3. The predicted molar refractivity (Wildman–Crippen MR) is 135 cm³/mol. The van der Waals surface area contributed by atoms with Crippen LogP contribution in [0.5, 0.6) is 0 Å². The van der Waals surface area contributed by atoms with Crippen LogP contribution in [0.2, 0.25) is 4.34 Å². The molecular formula is C22H21ClFN5O3S3. The second-order valence-electron chi connectivity index (χ2n) is 8.10. The summed E-state index contributed by atoms with van der Waals surface area (Å²) in [5.41, 5.74) is 0.624. The molecule has 13 heteroatoms. The normalized spacial score (nSPS) is 15.6. The van der Waals surface area contributed by atoms with Crippen LogP contribution in [0.3, 0.4) is 0 Å². The maximum Gasteiger partial charge on any atom is 0.252 e. The SMILES string of the molecule is O=C(C1CCN(S(=O)(=O)c2ccc(Cl)s2)CC1)N(CCn1cccn1)c1nc2ccc(F)cc2s1. The van der Waals surface area contributed by atoms with E-state index in [0.717, 1.165) is 11.3 Å². The number of benzene rings is 1.